The molecule has 1 fully saturated rings. The quantitative estimate of drug-likeness (QED) is 0.523. The van der Waals surface area contributed by atoms with E-state index in [9.17, 15) is 4.79 Å². The third kappa shape index (κ3) is 6.38. The lowest BCUT2D eigenvalue weighted by Crippen LogP contribution is -2.45. The van der Waals surface area contributed by atoms with Gasteiger partial charge in [-0.25, -0.2) is 4.99 Å². The van der Waals surface area contributed by atoms with E-state index >= 15 is 0 Å². The molecule has 1 aromatic rings. The monoisotopic (exact) mass is 346 g/mol. The Morgan fingerprint density at radius 1 is 1.32 bits per heavy atom. The lowest BCUT2D eigenvalue weighted by molar-refractivity contribution is -0.114. The Hall–Kier alpha value is -2.08. The van der Waals surface area contributed by atoms with Crippen molar-refractivity contribution in [2.24, 2.45) is 4.99 Å². The standard InChI is InChI=1S/C19H30N4O2/c1-4-15-8-6-9-16(12-15)23-17(24)13-21-18(20-5-2)22-14-19(3)10-7-11-25-19/h6,8-9,12H,4-5,7,10-11,13-14H2,1-3H3,(H,23,24)(H2,20,21,22). The average molecular weight is 346 g/mol. The van der Waals surface area contributed by atoms with Crippen molar-refractivity contribution in [1.29, 1.82) is 0 Å². The van der Waals surface area contributed by atoms with Crippen molar-refractivity contribution in [1.82, 2.24) is 10.6 Å². The van der Waals surface area contributed by atoms with Crippen LogP contribution in [-0.2, 0) is 16.0 Å². The maximum atomic E-state index is 12.1. The van der Waals surface area contributed by atoms with Crippen molar-refractivity contribution >= 4 is 17.6 Å². The second-order valence-electron chi connectivity index (χ2n) is 6.55. The number of carbonyl (C=O) groups is 1. The molecule has 138 valence electrons. The molecule has 6 nitrogen and oxygen atoms in total. The van der Waals surface area contributed by atoms with Gasteiger partial charge in [-0.3, -0.25) is 4.79 Å². The summed E-state index contributed by atoms with van der Waals surface area (Å²) in [6.07, 6.45) is 3.07. The van der Waals surface area contributed by atoms with Gasteiger partial charge in [0.15, 0.2) is 5.96 Å². The fourth-order valence-electron chi connectivity index (χ4n) is 2.81. The topological polar surface area (TPSA) is 74.8 Å². The van der Waals surface area contributed by atoms with Crippen molar-refractivity contribution < 1.29 is 9.53 Å². The van der Waals surface area contributed by atoms with Crippen LogP contribution in [0, 0.1) is 0 Å². The Balaban J connectivity index is 1.87. The Morgan fingerprint density at radius 3 is 2.84 bits per heavy atom. The summed E-state index contributed by atoms with van der Waals surface area (Å²) >= 11 is 0. The predicted octanol–water partition coefficient (Wildman–Crippen LogP) is 2.31. The van der Waals surface area contributed by atoms with Crippen LogP contribution in [0.5, 0.6) is 0 Å². The highest BCUT2D eigenvalue weighted by atomic mass is 16.5. The van der Waals surface area contributed by atoms with E-state index in [0.717, 1.165) is 38.1 Å². The molecule has 0 aromatic heterocycles. The smallest absolute Gasteiger partial charge is 0.246 e. The van der Waals surface area contributed by atoms with Gasteiger partial charge >= 0.3 is 0 Å². The molecule has 2 rings (SSSR count). The molecule has 1 heterocycles. The summed E-state index contributed by atoms with van der Waals surface area (Å²) in [6, 6.07) is 7.88. The minimum atomic E-state index is -0.154. The Morgan fingerprint density at radius 2 is 2.16 bits per heavy atom. The van der Waals surface area contributed by atoms with Gasteiger partial charge in [0.05, 0.1) is 5.60 Å². The number of hydrogen-bond acceptors (Lipinski definition) is 3. The number of benzene rings is 1. The van der Waals surface area contributed by atoms with Crippen molar-refractivity contribution in [2.45, 2.75) is 45.6 Å². The summed E-state index contributed by atoms with van der Waals surface area (Å²) in [5.74, 6) is 0.505. The van der Waals surface area contributed by atoms with E-state index < -0.39 is 0 Å². The Kier molecular flexibility index (Phi) is 7.25. The normalized spacial score (nSPS) is 20.4. The first-order chi connectivity index (χ1) is 12.0. The lowest BCUT2D eigenvalue weighted by Gasteiger charge is -2.24. The second-order valence-corrected chi connectivity index (χ2v) is 6.55. The third-order valence-electron chi connectivity index (χ3n) is 4.27. The molecule has 1 aliphatic heterocycles. The van der Waals surface area contributed by atoms with Crippen LogP contribution in [-0.4, -0.2) is 43.7 Å². The molecular formula is C19H30N4O2. The van der Waals surface area contributed by atoms with E-state index in [1.165, 1.54) is 5.56 Å². The Labute approximate surface area is 150 Å². The zero-order valence-electron chi connectivity index (χ0n) is 15.5. The number of amides is 1. The van der Waals surface area contributed by atoms with Crippen molar-refractivity contribution in [2.75, 3.05) is 31.6 Å². The summed E-state index contributed by atoms with van der Waals surface area (Å²) in [6.45, 7) is 8.50. The molecule has 6 heteroatoms. The first kappa shape index (κ1) is 19.2. The number of hydrogen-bond donors (Lipinski definition) is 3. The SMILES string of the molecule is CCNC(=NCC(=O)Nc1cccc(CC)c1)NCC1(C)CCCO1. The van der Waals surface area contributed by atoms with E-state index in [0.29, 0.717) is 12.5 Å². The van der Waals surface area contributed by atoms with Crippen LogP contribution in [0.15, 0.2) is 29.3 Å². The first-order valence-electron chi connectivity index (χ1n) is 9.09. The summed E-state index contributed by atoms with van der Waals surface area (Å²) in [7, 11) is 0. The number of aliphatic imine (C=N–C) groups is 1. The number of nitrogens with one attached hydrogen (secondary N) is 3. The van der Waals surface area contributed by atoms with E-state index in [-0.39, 0.29) is 18.1 Å². The molecule has 0 radical (unpaired) electrons. The van der Waals surface area contributed by atoms with E-state index in [2.05, 4.69) is 34.8 Å². The summed E-state index contributed by atoms with van der Waals surface area (Å²) < 4.78 is 5.77. The van der Waals surface area contributed by atoms with Crippen LogP contribution in [0.2, 0.25) is 0 Å². The van der Waals surface area contributed by atoms with Gasteiger partial charge in [0.2, 0.25) is 5.91 Å². The molecule has 1 atom stereocenters. The maximum Gasteiger partial charge on any atom is 0.246 e. The van der Waals surface area contributed by atoms with E-state index in [1.807, 2.05) is 31.2 Å². The molecule has 0 saturated carbocycles. The highest BCUT2D eigenvalue weighted by Gasteiger charge is 2.29. The predicted molar refractivity (Wildman–Crippen MR) is 102 cm³/mol. The largest absolute Gasteiger partial charge is 0.373 e. The van der Waals surface area contributed by atoms with E-state index in [1.54, 1.807) is 0 Å². The molecule has 0 spiro atoms. The molecule has 1 amide bonds. The zero-order valence-corrected chi connectivity index (χ0v) is 15.5. The van der Waals surface area contributed by atoms with Crippen molar-refractivity contribution in [3.05, 3.63) is 29.8 Å². The number of anilines is 1. The fourth-order valence-corrected chi connectivity index (χ4v) is 2.81. The van der Waals surface area contributed by atoms with Gasteiger partial charge in [-0.15, -0.1) is 0 Å². The number of carbonyl (C=O) groups excluding carboxylic acids is 1. The summed E-state index contributed by atoms with van der Waals surface area (Å²) in [5.41, 5.74) is 1.85. The van der Waals surface area contributed by atoms with Gasteiger partial charge in [-0.05, 0) is 50.8 Å². The molecule has 1 aromatic carbocycles. The van der Waals surface area contributed by atoms with Crippen molar-refractivity contribution in [3.8, 4) is 0 Å². The zero-order chi connectivity index (χ0) is 18.1. The molecule has 1 aliphatic rings. The first-order valence-corrected chi connectivity index (χ1v) is 9.09. The number of ether oxygens (including phenoxy) is 1. The lowest BCUT2D eigenvalue weighted by atomic mass is 10.0. The van der Waals surface area contributed by atoms with Crippen LogP contribution in [0.1, 0.15) is 39.2 Å². The molecule has 0 bridgehead atoms. The minimum Gasteiger partial charge on any atom is -0.373 e. The van der Waals surface area contributed by atoms with Gasteiger partial charge in [0, 0.05) is 25.4 Å². The van der Waals surface area contributed by atoms with Crippen LogP contribution in [0.25, 0.3) is 0 Å². The fraction of sp³-hybridized carbons (Fsp3) is 0.579. The van der Waals surface area contributed by atoms with Gasteiger partial charge < -0.3 is 20.7 Å². The average Bonchev–Trinajstić information content (AvgIpc) is 3.04. The molecule has 1 unspecified atom stereocenters. The van der Waals surface area contributed by atoms with E-state index in [4.69, 9.17) is 4.74 Å². The molecule has 1 saturated heterocycles. The summed E-state index contributed by atoms with van der Waals surface area (Å²) in [5, 5.41) is 9.33. The van der Waals surface area contributed by atoms with Crippen LogP contribution < -0.4 is 16.0 Å². The van der Waals surface area contributed by atoms with Gasteiger partial charge in [-0.2, -0.15) is 0 Å². The third-order valence-corrected chi connectivity index (χ3v) is 4.27. The van der Waals surface area contributed by atoms with Gasteiger partial charge in [0.1, 0.15) is 6.54 Å². The highest BCUT2D eigenvalue weighted by Crippen LogP contribution is 2.23. The summed E-state index contributed by atoms with van der Waals surface area (Å²) in [4.78, 5) is 16.5. The maximum absolute atomic E-state index is 12.1. The molecule has 3 N–H and O–H groups in total. The molecule has 25 heavy (non-hydrogen) atoms. The highest BCUT2D eigenvalue weighted by molar-refractivity contribution is 5.94. The Bertz CT molecular complexity index is 595. The number of nitrogens with zero attached hydrogens (tertiary/aromatic N) is 1. The van der Waals surface area contributed by atoms with Crippen LogP contribution >= 0.6 is 0 Å². The number of guanidine groups is 1. The number of aryl methyl sites for hydroxylation is 1. The van der Waals surface area contributed by atoms with Gasteiger partial charge in [0.25, 0.3) is 0 Å². The van der Waals surface area contributed by atoms with Crippen molar-refractivity contribution in [3.63, 3.8) is 0 Å². The molecular weight excluding hydrogens is 316 g/mol. The van der Waals surface area contributed by atoms with Crippen LogP contribution in [0.3, 0.4) is 0 Å². The number of rotatable bonds is 7. The van der Waals surface area contributed by atoms with Gasteiger partial charge in [-0.1, -0.05) is 19.1 Å². The second kappa shape index (κ2) is 9.42. The van der Waals surface area contributed by atoms with Crippen LogP contribution in [0.4, 0.5) is 5.69 Å². The minimum absolute atomic E-state index is 0.0727. The molecule has 0 aliphatic carbocycles.